The average Bonchev–Trinajstić information content (AvgIpc) is 2.93. The SMILES string of the molecule is CN(Cc1cscn1)C(=O)C(CN)c1ccccc1. The number of thiazole rings is 1. The van der Waals surface area contributed by atoms with Crippen molar-refractivity contribution in [2.24, 2.45) is 5.73 Å². The predicted octanol–water partition coefficient (Wildman–Crippen LogP) is 1.84. The highest BCUT2D eigenvalue weighted by Gasteiger charge is 2.22. The maximum Gasteiger partial charge on any atom is 0.231 e. The van der Waals surface area contributed by atoms with E-state index in [9.17, 15) is 4.79 Å². The van der Waals surface area contributed by atoms with Crippen LogP contribution in [0.25, 0.3) is 0 Å². The number of benzene rings is 1. The number of hydrogen-bond acceptors (Lipinski definition) is 4. The molecule has 4 nitrogen and oxygen atoms in total. The lowest BCUT2D eigenvalue weighted by Gasteiger charge is -2.22. The molecule has 1 unspecified atom stereocenters. The Morgan fingerprint density at radius 2 is 2.16 bits per heavy atom. The number of nitrogens with two attached hydrogens (primary N) is 1. The molecular formula is C14H17N3OS. The van der Waals surface area contributed by atoms with Gasteiger partial charge in [-0.2, -0.15) is 0 Å². The highest BCUT2D eigenvalue weighted by atomic mass is 32.1. The fraction of sp³-hybridized carbons (Fsp3) is 0.286. The Labute approximate surface area is 116 Å². The first-order valence-electron chi connectivity index (χ1n) is 6.09. The van der Waals surface area contributed by atoms with Gasteiger partial charge >= 0.3 is 0 Å². The van der Waals surface area contributed by atoms with Crippen LogP contribution in [0, 0.1) is 0 Å². The molecule has 0 spiro atoms. The van der Waals surface area contributed by atoms with E-state index < -0.39 is 0 Å². The minimum absolute atomic E-state index is 0.0294. The Hall–Kier alpha value is -1.72. The summed E-state index contributed by atoms with van der Waals surface area (Å²) in [5.74, 6) is -0.258. The normalized spacial score (nSPS) is 12.1. The second-order valence-corrected chi connectivity index (χ2v) is 5.09. The molecule has 2 N–H and O–H groups in total. The first kappa shape index (κ1) is 13.7. The fourth-order valence-corrected chi connectivity index (χ4v) is 2.52. The van der Waals surface area contributed by atoms with Crippen molar-refractivity contribution < 1.29 is 4.79 Å². The number of hydrogen-bond donors (Lipinski definition) is 1. The lowest BCUT2D eigenvalue weighted by molar-refractivity contribution is -0.131. The maximum absolute atomic E-state index is 12.4. The summed E-state index contributed by atoms with van der Waals surface area (Å²) in [5, 5.41) is 1.95. The summed E-state index contributed by atoms with van der Waals surface area (Å²) in [6.45, 7) is 0.829. The lowest BCUT2D eigenvalue weighted by atomic mass is 9.98. The van der Waals surface area contributed by atoms with Crippen LogP contribution in [0.15, 0.2) is 41.2 Å². The van der Waals surface area contributed by atoms with Crippen LogP contribution in [0.5, 0.6) is 0 Å². The zero-order valence-corrected chi connectivity index (χ0v) is 11.6. The van der Waals surface area contributed by atoms with E-state index in [0.717, 1.165) is 11.3 Å². The van der Waals surface area contributed by atoms with E-state index in [4.69, 9.17) is 5.73 Å². The van der Waals surface area contributed by atoms with Crippen LogP contribution in [0.1, 0.15) is 17.2 Å². The minimum atomic E-state index is -0.287. The summed E-state index contributed by atoms with van der Waals surface area (Å²) in [4.78, 5) is 18.3. The summed E-state index contributed by atoms with van der Waals surface area (Å²) >= 11 is 1.53. The molecule has 0 saturated carbocycles. The number of likely N-dealkylation sites (N-methyl/N-ethyl adjacent to an activating group) is 1. The average molecular weight is 275 g/mol. The zero-order valence-electron chi connectivity index (χ0n) is 10.8. The van der Waals surface area contributed by atoms with Gasteiger partial charge in [-0.25, -0.2) is 4.98 Å². The molecule has 0 fully saturated rings. The molecular weight excluding hydrogens is 258 g/mol. The molecule has 0 aliphatic heterocycles. The molecule has 1 aromatic carbocycles. The van der Waals surface area contributed by atoms with Crippen LogP contribution < -0.4 is 5.73 Å². The van der Waals surface area contributed by atoms with Crippen LogP contribution in [-0.2, 0) is 11.3 Å². The van der Waals surface area contributed by atoms with Gasteiger partial charge in [0.1, 0.15) is 0 Å². The van der Waals surface area contributed by atoms with Crippen molar-refractivity contribution in [1.82, 2.24) is 9.88 Å². The van der Waals surface area contributed by atoms with Gasteiger partial charge in [0.15, 0.2) is 0 Å². The largest absolute Gasteiger partial charge is 0.339 e. The Bertz CT molecular complexity index is 513. The Kier molecular flexibility index (Phi) is 4.65. The summed E-state index contributed by atoms with van der Waals surface area (Å²) < 4.78 is 0. The maximum atomic E-state index is 12.4. The molecule has 1 aromatic heterocycles. The smallest absolute Gasteiger partial charge is 0.231 e. The topological polar surface area (TPSA) is 59.2 Å². The Balaban J connectivity index is 2.08. The standard InChI is InChI=1S/C14H17N3OS/c1-17(8-12-9-19-10-16-12)14(18)13(7-15)11-5-3-2-4-6-11/h2-6,9-10,13H,7-8,15H2,1H3. The van der Waals surface area contributed by atoms with Crippen LogP contribution in [0.3, 0.4) is 0 Å². The fourth-order valence-electron chi connectivity index (χ4n) is 1.97. The third-order valence-electron chi connectivity index (χ3n) is 2.99. The van der Waals surface area contributed by atoms with Gasteiger partial charge in [0.25, 0.3) is 0 Å². The van der Waals surface area contributed by atoms with E-state index in [0.29, 0.717) is 13.1 Å². The van der Waals surface area contributed by atoms with Crippen molar-refractivity contribution in [3.63, 3.8) is 0 Å². The molecule has 0 saturated heterocycles. The predicted molar refractivity (Wildman–Crippen MR) is 76.8 cm³/mol. The summed E-state index contributed by atoms with van der Waals surface area (Å²) in [6, 6.07) is 9.65. The molecule has 19 heavy (non-hydrogen) atoms. The van der Waals surface area contributed by atoms with Crippen molar-refractivity contribution in [2.75, 3.05) is 13.6 Å². The first-order valence-corrected chi connectivity index (χ1v) is 7.03. The quantitative estimate of drug-likeness (QED) is 0.906. The molecule has 2 aromatic rings. The molecule has 0 aliphatic rings. The van der Waals surface area contributed by atoms with E-state index in [-0.39, 0.29) is 11.8 Å². The Morgan fingerprint density at radius 1 is 1.42 bits per heavy atom. The van der Waals surface area contributed by atoms with Gasteiger partial charge in [0.05, 0.1) is 23.7 Å². The number of amides is 1. The second kappa shape index (κ2) is 6.45. The number of aromatic nitrogens is 1. The third kappa shape index (κ3) is 3.39. The van der Waals surface area contributed by atoms with Crippen LogP contribution in [0.2, 0.25) is 0 Å². The summed E-state index contributed by atoms with van der Waals surface area (Å²) in [5.41, 5.74) is 9.39. The number of rotatable bonds is 5. The molecule has 0 bridgehead atoms. The molecule has 1 heterocycles. The molecule has 0 radical (unpaired) electrons. The van der Waals surface area contributed by atoms with Gasteiger partial charge in [0, 0.05) is 19.0 Å². The van der Waals surface area contributed by atoms with E-state index in [2.05, 4.69) is 4.98 Å². The van der Waals surface area contributed by atoms with Crippen molar-refractivity contribution >= 4 is 17.2 Å². The molecule has 1 amide bonds. The second-order valence-electron chi connectivity index (χ2n) is 4.37. The van der Waals surface area contributed by atoms with E-state index in [1.165, 1.54) is 11.3 Å². The van der Waals surface area contributed by atoms with Gasteiger partial charge in [-0.1, -0.05) is 30.3 Å². The Morgan fingerprint density at radius 3 is 2.74 bits per heavy atom. The summed E-state index contributed by atoms with van der Waals surface area (Å²) in [6.07, 6.45) is 0. The van der Waals surface area contributed by atoms with Crippen LogP contribution in [0.4, 0.5) is 0 Å². The van der Waals surface area contributed by atoms with Gasteiger partial charge in [-0.05, 0) is 5.56 Å². The molecule has 5 heteroatoms. The third-order valence-corrected chi connectivity index (χ3v) is 3.63. The van der Waals surface area contributed by atoms with E-state index in [1.54, 1.807) is 17.5 Å². The monoisotopic (exact) mass is 275 g/mol. The molecule has 100 valence electrons. The first-order chi connectivity index (χ1) is 9.22. The molecule has 1 atom stereocenters. The number of carbonyl (C=O) groups is 1. The number of carbonyl (C=O) groups excluding carboxylic acids is 1. The van der Waals surface area contributed by atoms with E-state index in [1.807, 2.05) is 35.7 Å². The van der Waals surface area contributed by atoms with Gasteiger partial charge < -0.3 is 10.6 Å². The van der Waals surface area contributed by atoms with Gasteiger partial charge in [-0.15, -0.1) is 11.3 Å². The highest BCUT2D eigenvalue weighted by Crippen LogP contribution is 2.17. The van der Waals surface area contributed by atoms with Crippen LogP contribution >= 0.6 is 11.3 Å². The zero-order chi connectivity index (χ0) is 13.7. The molecule has 2 rings (SSSR count). The van der Waals surface area contributed by atoms with E-state index >= 15 is 0 Å². The van der Waals surface area contributed by atoms with Crippen LogP contribution in [-0.4, -0.2) is 29.4 Å². The van der Waals surface area contributed by atoms with Crippen molar-refractivity contribution in [3.05, 3.63) is 52.5 Å². The minimum Gasteiger partial charge on any atom is -0.339 e. The summed E-state index contributed by atoms with van der Waals surface area (Å²) in [7, 11) is 1.78. The molecule has 0 aliphatic carbocycles. The highest BCUT2D eigenvalue weighted by molar-refractivity contribution is 7.07. The number of nitrogens with zero attached hydrogens (tertiary/aromatic N) is 2. The van der Waals surface area contributed by atoms with Crippen molar-refractivity contribution in [3.8, 4) is 0 Å². The lowest BCUT2D eigenvalue weighted by Crippen LogP contribution is -2.34. The van der Waals surface area contributed by atoms with Crippen molar-refractivity contribution in [1.29, 1.82) is 0 Å². The van der Waals surface area contributed by atoms with Gasteiger partial charge in [-0.3, -0.25) is 4.79 Å². The van der Waals surface area contributed by atoms with Gasteiger partial charge in [0.2, 0.25) is 5.91 Å². The van der Waals surface area contributed by atoms with Crippen molar-refractivity contribution in [2.45, 2.75) is 12.5 Å².